The second-order valence-corrected chi connectivity index (χ2v) is 4.51. The van der Waals surface area contributed by atoms with Crippen LogP contribution in [0.5, 0.6) is 0 Å². The molecular formula is C12H24O2. The Kier molecular flexibility index (Phi) is 4.90. The van der Waals surface area contributed by atoms with Crippen LogP contribution in [0.25, 0.3) is 0 Å². The van der Waals surface area contributed by atoms with E-state index < -0.39 is 0 Å². The van der Waals surface area contributed by atoms with Gasteiger partial charge in [0, 0.05) is 12.5 Å². The van der Waals surface area contributed by atoms with Crippen LogP contribution in [-0.2, 0) is 4.74 Å². The van der Waals surface area contributed by atoms with Gasteiger partial charge in [-0.15, -0.1) is 0 Å². The van der Waals surface area contributed by atoms with E-state index in [-0.39, 0.29) is 12.2 Å². The summed E-state index contributed by atoms with van der Waals surface area (Å²) in [5, 5.41) is 10.1. The summed E-state index contributed by atoms with van der Waals surface area (Å²) in [6, 6.07) is 0. The van der Waals surface area contributed by atoms with Crippen LogP contribution in [0.2, 0.25) is 0 Å². The average molecular weight is 200 g/mol. The van der Waals surface area contributed by atoms with Gasteiger partial charge in [0.05, 0.1) is 12.2 Å². The van der Waals surface area contributed by atoms with Gasteiger partial charge in [0.15, 0.2) is 0 Å². The Morgan fingerprint density at radius 3 is 2.43 bits per heavy atom. The van der Waals surface area contributed by atoms with Gasteiger partial charge in [-0.1, -0.05) is 26.7 Å². The number of hydrogen-bond donors (Lipinski definition) is 1. The summed E-state index contributed by atoms with van der Waals surface area (Å²) in [5.41, 5.74) is 0. The maximum atomic E-state index is 10.1. The van der Waals surface area contributed by atoms with Crippen molar-refractivity contribution < 1.29 is 9.84 Å². The highest BCUT2D eigenvalue weighted by atomic mass is 16.5. The second kappa shape index (κ2) is 5.72. The van der Waals surface area contributed by atoms with Crippen LogP contribution in [0.1, 0.15) is 46.5 Å². The summed E-state index contributed by atoms with van der Waals surface area (Å²) in [5.74, 6) is 1.05. The molecule has 0 bridgehead atoms. The van der Waals surface area contributed by atoms with Crippen LogP contribution < -0.4 is 0 Å². The molecule has 0 aromatic heterocycles. The molecule has 0 radical (unpaired) electrons. The van der Waals surface area contributed by atoms with Crippen molar-refractivity contribution in [3.63, 3.8) is 0 Å². The maximum Gasteiger partial charge on any atom is 0.0600 e. The van der Waals surface area contributed by atoms with Gasteiger partial charge >= 0.3 is 0 Å². The lowest BCUT2D eigenvalue weighted by atomic mass is 9.87. The molecule has 14 heavy (non-hydrogen) atoms. The number of aliphatic hydroxyl groups is 1. The van der Waals surface area contributed by atoms with Crippen molar-refractivity contribution in [2.45, 2.75) is 58.7 Å². The van der Waals surface area contributed by atoms with Crippen LogP contribution in [0.15, 0.2) is 0 Å². The van der Waals surface area contributed by atoms with Crippen molar-refractivity contribution in [1.29, 1.82) is 0 Å². The molecule has 1 N–H and O–H groups in total. The minimum atomic E-state index is -0.155. The number of hydrogen-bond acceptors (Lipinski definition) is 2. The summed E-state index contributed by atoms with van der Waals surface area (Å²) < 4.78 is 5.48. The quantitative estimate of drug-likeness (QED) is 0.739. The number of ether oxygens (including phenoxy) is 1. The molecule has 1 aliphatic rings. The number of aliphatic hydroxyl groups excluding tert-OH is 1. The molecule has 0 aliphatic carbocycles. The van der Waals surface area contributed by atoms with Gasteiger partial charge < -0.3 is 9.84 Å². The molecule has 0 spiro atoms. The second-order valence-electron chi connectivity index (χ2n) is 4.51. The van der Waals surface area contributed by atoms with E-state index in [2.05, 4.69) is 20.8 Å². The summed E-state index contributed by atoms with van der Waals surface area (Å²) in [7, 11) is 0. The zero-order valence-corrected chi connectivity index (χ0v) is 9.70. The molecule has 2 nitrogen and oxygen atoms in total. The predicted molar refractivity (Wildman–Crippen MR) is 58.2 cm³/mol. The average Bonchev–Trinajstić information content (AvgIpc) is 2.60. The molecule has 3 unspecified atom stereocenters. The van der Waals surface area contributed by atoms with Gasteiger partial charge in [-0.25, -0.2) is 0 Å². The topological polar surface area (TPSA) is 29.5 Å². The molecule has 0 aromatic rings. The maximum absolute atomic E-state index is 10.1. The Balaban J connectivity index is 2.36. The molecule has 1 saturated heterocycles. The zero-order valence-electron chi connectivity index (χ0n) is 9.70. The first-order chi connectivity index (χ1) is 6.69. The van der Waals surface area contributed by atoms with Crippen LogP contribution in [0.3, 0.4) is 0 Å². The molecule has 0 amide bonds. The van der Waals surface area contributed by atoms with Crippen LogP contribution in [0.4, 0.5) is 0 Å². The first kappa shape index (κ1) is 12.0. The molecule has 0 aromatic carbocycles. The molecule has 1 aliphatic heterocycles. The minimum absolute atomic E-state index is 0.155. The van der Waals surface area contributed by atoms with E-state index in [0.29, 0.717) is 11.8 Å². The van der Waals surface area contributed by atoms with Crippen molar-refractivity contribution in [3.05, 3.63) is 0 Å². The number of rotatable bonds is 5. The molecule has 84 valence electrons. The Bertz CT molecular complexity index is 154. The third kappa shape index (κ3) is 2.96. The molecular weight excluding hydrogens is 176 g/mol. The molecule has 1 fully saturated rings. The minimum Gasteiger partial charge on any atom is -0.393 e. The predicted octanol–water partition coefficient (Wildman–Crippen LogP) is 2.60. The van der Waals surface area contributed by atoms with Crippen LogP contribution in [-0.4, -0.2) is 23.9 Å². The highest BCUT2D eigenvalue weighted by Gasteiger charge is 2.31. The van der Waals surface area contributed by atoms with Gasteiger partial charge in [0.25, 0.3) is 0 Å². The Morgan fingerprint density at radius 1 is 1.36 bits per heavy atom. The van der Waals surface area contributed by atoms with E-state index in [1.54, 1.807) is 0 Å². The fourth-order valence-electron chi connectivity index (χ4n) is 2.39. The highest BCUT2D eigenvalue weighted by molar-refractivity contribution is 4.80. The van der Waals surface area contributed by atoms with Gasteiger partial charge in [0.2, 0.25) is 0 Å². The summed E-state index contributed by atoms with van der Waals surface area (Å²) in [6.07, 6.45) is 4.43. The monoisotopic (exact) mass is 200 g/mol. The van der Waals surface area contributed by atoms with E-state index >= 15 is 0 Å². The van der Waals surface area contributed by atoms with Gasteiger partial charge in [0.1, 0.15) is 0 Å². The van der Waals surface area contributed by atoms with E-state index in [9.17, 15) is 5.11 Å². The van der Waals surface area contributed by atoms with E-state index in [0.717, 1.165) is 19.4 Å². The molecule has 2 heteroatoms. The Morgan fingerprint density at radius 2 is 2.00 bits per heavy atom. The van der Waals surface area contributed by atoms with Crippen molar-refractivity contribution in [1.82, 2.24) is 0 Å². The summed E-state index contributed by atoms with van der Waals surface area (Å²) >= 11 is 0. The normalized spacial score (nSPS) is 29.8. The molecule has 1 heterocycles. The smallest absolute Gasteiger partial charge is 0.0600 e. The fourth-order valence-corrected chi connectivity index (χ4v) is 2.39. The SMILES string of the molecule is CCC(CC)CC(O)C1CCOC1C. The van der Waals surface area contributed by atoms with Crippen molar-refractivity contribution in [3.8, 4) is 0 Å². The molecule has 0 saturated carbocycles. The van der Waals surface area contributed by atoms with E-state index in [1.165, 1.54) is 12.8 Å². The highest BCUT2D eigenvalue weighted by Crippen LogP contribution is 2.28. The Hall–Kier alpha value is -0.0800. The summed E-state index contributed by atoms with van der Waals surface area (Å²) in [4.78, 5) is 0. The lowest BCUT2D eigenvalue weighted by Crippen LogP contribution is -2.28. The fraction of sp³-hybridized carbons (Fsp3) is 1.00. The van der Waals surface area contributed by atoms with Crippen molar-refractivity contribution in [2.24, 2.45) is 11.8 Å². The third-order valence-electron chi connectivity index (χ3n) is 3.66. The standard InChI is InChI=1S/C12H24O2/c1-4-10(5-2)8-12(13)11-6-7-14-9(11)3/h9-13H,4-8H2,1-3H3. The first-order valence-corrected chi connectivity index (χ1v) is 5.98. The lowest BCUT2D eigenvalue weighted by Gasteiger charge is -2.24. The largest absolute Gasteiger partial charge is 0.393 e. The molecule has 3 atom stereocenters. The van der Waals surface area contributed by atoms with Crippen LogP contribution in [0, 0.1) is 11.8 Å². The van der Waals surface area contributed by atoms with Crippen LogP contribution >= 0.6 is 0 Å². The first-order valence-electron chi connectivity index (χ1n) is 5.98. The van der Waals surface area contributed by atoms with E-state index in [1.807, 2.05) is 0 Å². The van der Waals surface area contributed by atoms with Crippen molar-refractivity contribution >= 4 is 0 Å². The lowest BCUT2D eigenvalue weighted by molar-refractivity contribution is 0.0303. The zero-order chi connectivity index (χ0) is 10.6. The van der Waals surface area contributed by atoms with Gasteiger partial charge in [-0.2, -0.15) is 0 Å². The van der Waals surface area contributed by atoms with E-state index in [4.69, 9.17) is 4.74 Å². The van der Waals surface area contributed by atoms with Crippen molar-refractivity contribution in [2.75, 3.05) is 6.61 Å². The van der Waals surface area contributed by atoms with Gasteiger partial charge in [-0.3, -0.25) is 0 Å². The third-order valence-corrected chi connectivity index (χ3v) is 3.66. The van der Waals surface area contributed by atoms with Gasteiger partial charge in [-0.05, 0) is 25.7 Å². The molecule has 1 rings (SSSR count). The Labute approximate surface area is 87.7 Å². The summed E-state index contributed by atoms with van der Waals surface area (Å²) in [6.45, 7) is 7.31.